The van der Waals surface area contributed by atoms with Crippen molar-refractivity contribution in [1.29, 1.82) is 0 Å². The van der Waals surface area contributed by atoms with E-state index in [0.717, 1.165) is 30.8 Å². The molecular formula is C17H25ClN2O2S. The molecule has 23 heavy (non-hydrogen) atoms. The summed E-state index contributed by atoms with van der Waals surface area (Å²) in [4.78, 5) is 15.5. The van der Waals surface area contributed by atoms with E-state index in [1.807, 2.05) is 6.26 Å². The first-order chi connectivity index (χ1) is 10.9. The summed E-state index contributed by atoms with van der Waals surface area (Å²) in [6.07, 6.45) is 8.89. The second-order valence-corrected chi connectivity index (χ2v) is 8.42. The van der Waals surface area contributed by atoms with Gasteiger partial charge in [0.25, 0.3) is 5.56 Å². The van der Waals surface area contributed by atoms with E-state index in [2.05, 4.69) is 11.9 Å². The van der Waals surface area contributed by atoms with E-state index in [0.29, 0.717) is 18.0 Å². The molecule has 0 amide bonds. The maximum Gasteiger partial charge on any atom is 0.252 e. The largest absolute Gasteiger partial charge is 0.387 e. The van der Waals surface area contributed by atoms with Gasteiger partial charge < -0.3 is 14.6 Å². The highest BCUT2D eigenvalue weighted by atomic mass is 35.5. The Hall–Kier alpha value is -0.490. The third kappa shape index (κ3) is 3.09. The summed E-state index contributed by atoms with van der Waals surface area (Å²) in [6, 6.07) is 1.47. The topological polar surface area (TPSA) is 45.5 Å². The zero-order valence-electron chi connectivity index (χ0n) is 13.8. The van der Waals surface area contributed by atoms with Gasteiger partial charge in [-0.3, -0.25) is 4.79 Å². The van der Waals surface area contributed by atoms with Crippen LogP contribution in [0.1, 0.15) is 32.1 Å². The molecule has 2 heterocycles. The van der Waals surface area contributed by atoms with Crippen LogP contribution in [0.2, 0.25) is 5.02 Å². The molecule has 0 radical (unpaired) electrons. The second kappa shape index (κ2) is 6.43. The van der Waals surface area contributed by atoms with E-state index in [-0.39, 0.29) is 11.0 Å². The van der Waals surface area contributed by atoms with E-state index in [1.165, 1.54) is 30.7 Å². The van der Waals surface area contributed by atoms with Crippen LogP contribution in [0, 0.1) is 5.41 Å². The number of aromatic nitrogens is 1. The number of likely N-dealkylation sites (tertiary alicyclic amines) is 1. The number of piperidine rings is 1. The van der Waals surface area contributed by atoms with Gasteiger partial charge in [0.05, 0.1) is 17.2 Å². The molecule has 1 N–H and O–H groups in total. The minimum Gasteiger partial charge on any atom is -0.387 e. The monoisotopic (exact) mass is 356 g/mol. The molecule has 1 saturated carbocycles. The molecule has 2 aliphatic rings. The molecule has 1 unspecified atom stereocenters. The van der Waals surface area contributed by atoms with Gasteiger partial charge in [-0.15, -0.1) is 11.8 Å². The minimum atomic E-state index is -0.816. The molecule has 1 aliphatic carbocycles. The summed E-state index contributed by atoms with van der Waals surface area (Å²) in [5, 5.41) is 12.0. The van der Waals surface area contributed by atoms with Crippen molar-refractivity contribution in [3.8, 4) is 0 Å². The lowest BCUT2D eigenvalue weighted by atomic mass is 9.66. The SMILES string of the molecule is CSc1cn(CC2(O)CCN(C)CC23CCCC3)c(=O)cc1Cl. The molecule has 1 aromatic heterocycles. The Balaban J connectivity index is 1.95. The second-order valence-electron chi connectivity index (χ2n) is 7.16. The summed E-state index contributed by atoms with van der Waals surface area (Å²) in [5.74, 6) is 0. The zero-order chi connectivity index (χ0) is 16.7. The van der Waals surface area contributed by atoms with Gasteiger partial charge in [-0.2, -0.15) is 0 Å². The Labute approximate surface area is 146 Å². The van der Waals surface area contributed by atoms with Gasteiger partial charge in [-0.1, -0.05) is 24.4 Å². The lowest BCUT2D eigenvalue weighted by molar-refractivity contribution is -0.139. The fraction of sp³-hybridized carbons (Fsp3) is 0.706. The van der Waals surface area contributed by atoms with E-state index >= 15 is 0 Å². The fourth-order valence-electron chi connectivity index (χ4n) is 4.39. The maximum atomic E-state index is 12.3. The number of aliphatic hydroxyl groups is 1. The lowest BCUT2D eigenvalue weighted by Crippen LogP contribution is -2.60. The van der Waals surface area contributed by atoms with Gasteiger partial charge in [0.15, 0.2) is 0 Å². The molecular weight excluding hydrogens is 332 g/mol. The minimum absolute atomic E-state index is 0.0847. The fourth-order valence-corrected chi connectivity index (χ4v) is 5.25. The zero-order valence-corrected chi connectivity index (χ0v) is 15.4. The van der Waals surface area contributed by atoms with E-state index < -0.39 is 5.60 Å². The van der Waals surface area contributed by atoms with Crippen LogP contribution < -0.4 is 5.56 Å². The van der Waals surface area contributed by atoms with Crippen molar-refractivity contribution in [2.45, 2.75) is 49.1 Å². The molecule has 1 spiro atoms. The molecule has 2 fully saturated rings. The first-order valence-corrected chi connectivity index (χ1v) is 9.84. The molecule has 128 valence electrons. The Morgan fingerprint density at radius 2 is 2.04 bits per heavy atom. The standard InChI is InChI=1S/C17H25ClN2O2S/c1-19-8-7-17(22,16(11-19)5-3-4-6-16)12-20-10-14(23-2)13(18)9-15(20)21/h9-10,22H,3-8,11-12H2,1-2H3. The highest BCUT2D eigenvalue weighted by molar-refractivity contribution is 7.98. The summed E-state index contributed by atoms with van der Waals surface area (Å²) < 4.78 is 1.66. The number of hydrogen-bond acceptors (Lipinski definition) is 4. The number of thioether (sulfide) groups is 1. The Kier molecular flexibility index (Phi) is 4.85. The predicted molar refractivity (Wildman–Crippen MR) is 95.5 cm³/mol. The first-order valence-electron chi connectivity index (χ1n) is 8.24. The Morgan fingerprint density at radius 1 is 1.35 bits per heavy atom. The molecule has 6 heteroatoms. The van der Waals surface area contributed by atoms with Crippen molar-refractivity contribution in [2.24, 2.45) is 5.41 Å². The van der Waals surface area contributed by atoms with Crippen LogP contribution in [0.4, 0.5) is 0 Å². The van der Waals surface area contributed by atoms with Crippen molar-refractivity contribution in [1.82, 2.24) is 9.47 Å². The van der Waals surface area contributed by atoms with E-state index in [9.17, 15) is 9.90 Å². The summed E-state index contributed by atoms with van der Waals surface area (Å²) >= 11 is 7.64. The Bertz CT molecular complexity index is 642. The van der Waals surface area contributed by atoms with Crippen LogP contribution in [-0.4, -0.2) is 46.6 Å². The first kappa shape index (κ1) is 17.3. The number of halogens is 1. The average molecular weight is 357 g/mol. The van der Waals surface area contributed by atoms with Crippen LogP contribution in [0.3, 0.4) is 0 Å². The normalized spacial score (nSPS) is 27.7. The van der Waals surface area contributed by atoms with Crippen molar-refractivity contribution in [2.75, 3.05) is 26.4 Å². The number of hydrogen-bond donors (Lipinski definition) is 1. The van der Waals surface area contributed by atoms with Gasteiger partial charge >= 0.3 is 0 Å². The van der Waals surface area contributed by atoms with E-state index in [1.54, 1.807) is 10.8 Å². The van der Waals surface area contributed by atoms with Gasteiger partial charge in [-0.25, -0.2) is 0 Å². The maximum absolute atomic E-state index is 12.3. The van der Waals surface area contributed by atoms with Crippen molar-refractivity contribution in [3.05, 3.63) is 27.6 Å². The summed E-state index contributed by atoms with van der Waals surface area (Å²) in [5.41, 5.74) is -1.03. The third-order valence-electron chi connectivity index (χ3n) is 5.72. The predicted octanol–water partition coefficient (Wildman–Crippen LogP) is 2.85. The summed E-state index contributed by atoms with van der Waals surface area (Å²) in [6.45, 7) is 2.15. The quantitative estimate of drug-likeness (QED) is 0.846. The van der Waals surface area contributed by atoms with Gasteiger partial charge in [0.1, 0.15) is 0 Å². The van der Waals surface area contributed by atoms with E-state index in [4.69, 9.17) is 11.6 Å². The van der Waals surface area contributed by atoms with Crippen molar-refractivity contribution in [3.63, 3.8) is 0 Å². The number of pyridine rings is 1. The van der Waals surface area contributed by atoms with Crippen LogP contribution in [-0.2, 0) is 6.54 Å². The Morgan fingerprint density at radius 3 is 2.70 bits per heavy atom. The number of rotatable bonds is 3. The van der Waals surface area contributed by atoms with Crippen LogP contribution in [0.5, 0.6) is 0 Å². The lowest BCUT2D eigenvalue weighted by Gasteiger charge is -2.51. The van der Waals surface area contributed by atoms with Crippen molar-refractivity contribution < 1.29 is 5.11 Å². The molecule has 0 aromatic carbocycles. The van der Waals surface area contributed by atoms with Gasteiger partial charge in [-0.05, 0) is 32.6 Å². The van der Waals surface area contributed by atoms with Crippen LogP contribution in [0.25, 0.3) is 0 Å². The molecule has 1 saturated heterocycles. The molecule has 1 aliphatic heterocycles. The summed E-state index contributed by atoms with van der Waals surface area (Å²) in [7, 11) is 2.12. The van der Waals surface area contributed by atoms with Crippen LogP contribution >= 0.6 is 23.4 Å². The molecule has 1 aromatic rings. The van der Waals surface area contributed by atoms with Gasteiger partial charge in [0.2, 0.25) is 0 Å². The molecule has 1 atom stereocenters. The average Bonchev–Trinajstić information content (AvgIpc) is 2.97. The smallest absolute Gasteiger partial charge is 0.252 e. The molecule has 0 bridgehead atoms. The van der Waals surface area contributed by atoms with Gasteiger partial charge in [0, 0.05) is 35.7 Å². The third-order valence-corrected chi connectivity index (χ3v) is 6.91. The van der Waals surface area contributed by atoms with Crippen molar-refractivity contribution >= 4 is 23.4 Å². The highest BCUT2D eigenvalue weighted by Gasteiger charge is 2.54. The molecule has 4 nitrogen and oxygen atoms in total. The highest BCUT2D eigenvalue weighted by Crippen LogP contribution is 2.51. The number of nitrogens with zero attached hydrogens (tertiary/aromatic N) is 2. The molecule has 3 rings (SSSR count). The van der Waals surface area contributed by atoms with Crippen LogP contribution in [0.15, 0.2) is 22.0 Å².